The minimum Gasteiger partial charge on any atom is -0.481 e. The number of nitrogens with one attached hydrogen (secondary N) is 1. The lowest BCUT2D eigenvalue weighted by molar-refractivity contribution is -0.138. The molecule has 27 heavy (non-hydrogen) atoms. The summed E-state index contributed by atoms with van der Waals surface area (Å²) in [6, 6.07) is 3.25. The SMILES string of the molecule is Cc1cc2nc3c(=O)n(C)c(=O)n(C)c3nc2cc1NC(=O)CCC(=O)O. The van der Waals surface area contributed by atoms with Crippen LogP contribution in [0.25, 0.3) is 22.2 Å². The fourth-order valence-electron chi connectivity index (χ4n) is 2.70. The van der Waals surface area contributed by atoms with Gasteiger partial charge in [0.05, 0.1) is 17.5 Å². The van der Waals surface area contributed by atoms with E-state index in [1.165, 1.54) is 18.7 Å². The molecular formula is C17H17N5O5. The van der Waals surface area contributed by atoms with Crippen LogP contribution in [0.3, 0.4) is 0 Å². The number of carbonyl (C=O) groups is 2. The van der Waals surface area contributed by atoms with Gasteiger partial charge in [-0.05, 0) is 24.6 Å². The largest absolute Gasteiger partial charge is 0.481 e. The zero-order chi connectivity index (χ0) is 19.9. The second-order valence-corrected chi connectivity index (χ2v) is 6.20. The van der Waals surface area contributed by atoms with Crippen molar-refractivity contribution >= 4 is 39.8 Å². The molecule has 0 saturated carbocycles. The Morgan fingerprint density at radius 1 is 1.07 bits per heavy atom. The molecule has 0 aliphatic heterocycles. The normalized spacial score (nSPS) is 11.1. The fourth-order valence-corrected chi connectivity index (χ4v) is 2.70. The smallest absolute Gasteiger partial charge is 0.332 e. The molecule has 2 heterocycles. The first-order valence-electron chi connectivity index (χ1n) is 8.09. The molecule has 0 aliphatic rings. The van der Waals surface area contributed by atoms with Crippen molar-refractivity contribution in [3.63, 3.8) is 0 Å². The van der Waals surface area contributed by atoms with Gasteiger partial charge in [-0.3, -0.25) is 23.5 Å². The predicted octanol–water partition coefficient (Wildman–Crippen LogP) is 0.292. The average molecular weight is 371 g/mol. The molecule has 0 saturated heterocycles. The molecule has 0 aliphatic carbocycles. The fraction of sp³-hybridized carbons (Fsp3) is 0.294. The molecule has 0 atom stereocenters. The Bertz CT molecular complexity index is 1220. The van der Waals surface area contributed by atoms with Gasteiger partial charge in [0, 0.05) is 26.2 Å². The number of rotatable bonds is 4. The molecule has 10 nitrogen and oxygen atoms in total. The van der Waals surface area contributed by atoms with Crippen molar-refractivity contribution in [3.05, 3.63) is 38.5 Å². The molecule has 0 radical (unpaired) electrons. The highest BCUT2D eigenvalue weighted by Crippen LogP contribution is 2.22. The number of carboxylic acid groups (broad SMARTS) is 1. The molecule has 3 rings (SSSR count). The van der Waals surface area contributed by atoms with Gasteiger partial charge in [0.25, 0.3) is 5.56 Å². The van der Waals surface area contributed by atoms with Gasteiger partial charge in [-0.25, -0.2) is 14.8 Å². The molecule has 2 N–H and O–H groups in total. The number of carbonyl (C=O) groups excluding carboxylic acids is 1. The third-order valence-corrected chi connectivity index (χ3v) is 4.23. The molecule has 0 spiro atoms. The highest BCUT2D eigenvalue weighted by molar-refractivity contribution is 5.96. The lowest BCUT2D eigenvalue weighted by Crippen LogP contribution is -2.37. The Morgan fingerprint density at radius 3 is 2.41 bits per heavy atom. The van der Waals surface area contributed by atoms with Gasteiger partial charge < -0.3 is 10.4 Å². The number of fused-ring (bicyclic) bond motifs is 2. The van der Waals surface area contributed by atoms with Crippen LogP contribution in [0.2, 0.25) is 0 Å². The van der Waals surface area contributed by atoms with Crippen LogP contribution in [0.4, 0.5) is 5.69 Å². The molecule has 1 aromatic carbocycles. The summed E-state index contributed by atoms with van der Waals surface area (Å²) in [6.07, 6.45) is -0.422. The van der Waals surface area contributed by atoms with Crippen molar-refractivity contribution in [1.82, 2.24) is 19.1 Å². The van der Waals surface area contributed by atoms with Crippen molar-refractivity contribution in [1.29, 1.82) is 0 Å². The van der Waals surface area contributed by atoms with E-state index in [1.54, 1.807) is 19.1 Å². The summed E-state index contributed by atoms with van der Waals surface area (Å²) in [5, 5.41) is 11.3. The topological polar surface area (TPSA) is 136 Å². The van der Waals surface area contributed by atoms with Crippen LogP contribution in [0.5, 0.6) is 0 Å². The van der Waals surface area contributed by atoms with Crippen LogP contribution < -0.4 is 16.6 Å². The molecule has 1 amide bonds. The maximum Gasteiger partial charge on any atom is 0.332 e. The second kappa shape index (κ2) is 6.63. The monoisotopic (exact) mass is 371 g/mol. The summed E-state index contributed by atoms with van der Waals surface area (Å²) >= 11 is 0. The van der Waals surface area contributed by atoms with Gasteiger partial charge >= 0.3 is 11.7 Å². The van der Waals surface area contributed by atoms with Gasteiger partial charge in [-0.1, -0.05) is 0 Å². The van der Waals surface area contributed by atoms with Gasteiger partial charge in [0.15, 0.2) is 11.2 Å². The minimum absolute atomic E-state index is 0.0738. The van der Waals surface area contributed by atoms with Gasteiger partial charge in [-0.15, -0.1) is 0 Å². The maximum absolute atomic E-state index is 12.3. The van der Waals surface area contributed by atoms with Crippen LogP contribution in [-0.4, -0.2) is 36.1 Å². The third kappa shape index (κ3) is 3.28. The summed E-state index contributed by atoms with van der Waals surface area (Å²) in [6.45, 7) is 1.75. The number of nitrogens with zero attached hydrogens (tertiary/aromatic N) is 4. The number of hydrogen-bond donors (Lipinski definition) is 2. The predicted molar refractivity (Wildman–Crippen MR) is 97.8 cm³/mol. The molecule has 3 aromatic rings. The van der Waals surface area contributed by atoms with Crippen LogP contribution in [0.15, 0.2) is 21.7 Å². The van der Waals surface area contributed by atoms with E-state index in [1.807, 2.05) is 0 Å². The first-order valence-corrected chi connectivity index (χ1v) is 8.09. The molecule has 140 valence electrons. The number of aliphatic carboxylic acids is 1. The Balaban J connectivity index is 2.13. The van der Waals surface area contributed by atoms with E-state index >= 15 is 0 Å². The van der Waals surface area contributed by atoms with Crippen LogP contribution >= 0.6 is 0 Å². The maximum atomic E-state index is 12.3. The van der Waals surface area contributed by atoms with Crippen molar-refractivity contribution in [3.8, 4) is 0 Å². The summed E-state index contributed by atoms with van der Waals surface area (Å²) in [5.74, 6) is -1.49. The quantitative estimate of drug-likeness (QED) is 0.629. The van der Waals surface area contributed by atoms with E-state index in [4.69, 9.17) is 5.11 Å². The van der Waals surface area contributed by atoms with Crippen molar-refractivity contribution in [2.45, 2.75) is 19.8 Å². The summed E-state index contributed by atoms with van der Waals surface area (Å²) in [5.41, 5.74) is 1.14. The van der Waals surface area contributed by atoms with Crippen LogP contribution in [0.1, 0.15) is 18.4 Å². The molecule has 2 aromatic heterocycles. The van der Waals surface area contributed by atoms with Gasteiger partial charge in [-0.2, -0.15) is 0 Å². The number of anilines is 1. The lowest BCUT2D eigenvalue weighted by Gasteiger charge is -2.11. The lowest BCUT2D eigenvalue weighted by atomic mass is 10.1. The van der Waals surface area contributed by atoms with Gasteiger partial charge in [0.2, 0.25) is 5.91 Å². The summed E-state index contributed by atoms with van der Waals surface area (Å²) in [4.78, 5) is 55.6. The second-order valence-electron chi connectivity index (χ2n) is 6.20. The zero-order valence-electron chi connectivity index (χ0n) is 14.9. The first kappa shape index (κ1) is 18.2. The third-order valence-electron chi connectivity index (χ3n) is 4.23. The number of amides is 1. The summed E-state index contributed by atoms with van der Waals surface area (Å²) in [7, 11) is 2.87. The highest BCUT2D eigenvalue weighted by Gasteiger charge is 2.14. The van der Waals surface area contributed by atoms with Crippen molar-refractivity contribution in [2.24, 2.45) is 14.1 Å². The zero-order valence-corrected chi connectivity index (χ0v) is 14.9. The number of aryl methyl sites for hydroxylation is 2. The molecule has 0 bridgehead atoms. The van der Waals surface area contributed by atoms with Gasteiger partial charge in [0.1, 0.15) is 0 Å². The molecule has 0 fully saturated rings. The van der Waals surface area contributed by atoms with Crippen LogP contribution in [0, 0.1) is 6.92 Å². The Morgan fingerprint density at radius 2 is 1.74 bits per heavy atom. The van der Waals surface area contributed by atoms with E-state index in [0.717, 1.165) is 4.57 Å². The average Bonchev–Trinajstić information content (AvgIpc) is 2.62. The Hall–Kier alpha value is -3.56. The Labute approximate surface area is 152 Å². The van der Waals surface area contributed by atoms with E-state index in [-0.39, 0.29) is 24.0 Å². The molecule has 10 heteroatoms. The van der Waals surface area contributed by atoms with E-state index in [2.05, 4.69) is 15.3 Å². The van der Waals surface area contributed by atoms with Crippen molar-refractivity contribution < 1.29 is 14.7 Å². The van der Waals surface area contributed by atoms with E-state index in [0.29, 0.717) is 22.3 Å². The summed E-state index contributed by atoms with van der Waals surface area (Å²) < 4.78 is 2.20. The van der Waals surface area contributed by atoms with E-state index < -0.39 is 23.1 Å². The Kier molecular flexibility index (Phi) is 4.48. The van der Waals surface area contributed by atoms with E-state index in [9.17, 15) is 19.2 Å². The highest BCUT2D eigenvalue weighted by atomic mass is 16.4. The number of hydrogen-bond acceptors (Lipinski definition) is 6. The number of benzene rings is 1. The van der Waals surface area contributed by atoms with Crippen molar-refractivity contribution in [2.75, 3.05) is 5.32 Å². The number of carboxylic acids is 1. The standard InChI is InChI=1S/C17H17N5O5/c1-8-6-10-11(7-9(8)18-12(23)4-5-13(24)25)20-15-14(19-10)16(26)22(3)17(27)21(15)2/h6-7H,4-5H2,1-3H3,(H,18,23)(H,24,25). The first-order chi connectivity index (χ1) is 12.7. The molecule has 0 unspecified atom stereocenters. The molecular weight excluding hydrogens is 354 g/mol. The van der Waals surface area contributed by atoms with Crippen LogP contribution in [-0.2, 0) is 23.7 Å². The minimum atomic E-state index is -1.06. The number of aromatic nitrogens is 4.